The summed E-state index contributed by atoms with van der Waals surface area (Å²) < 4.78 is 0. The summed E-state index contributed by atoms with van der Waals surface area (Å²) >= 11 is 0. The zero-order valence-electron chi connectivity index (χ0n) is 11.3. The second-order valence-corrected chi connectivity index (χ2v) is 5.82. The molecule has 2 aliphatic rings. The third-order valence-corrected chi connectivity index (χ3v) is 4.15. The van der Waals surface area contributed by atoms with Crippen LogP contribution in [0.5, 0.6) is 0 Å². The predicted molar refractivity (Wildman–Crippen MR) is 73.8 cm³/mol. The normalized spacial score (nSPS) is 20.2. The number of amides is 1. The van der Waals surface area contributed by atoms with Gasteiger partial charge in [0.25, 0.3) is 0 Å². The Hall–Kier alpha value is -1.45. The SMILES string of the molecule is O=C(CC1CCCCC1)Nc1nccnc1C1CC1. The summed E-state index contributed by atoms with van der Waals surface area (Å²) in [7, 11) is 0. The van der Waals surface area contributed by atoms with Crippen molar-refractivity contribution >= 4 is 11.7 Å². The van der Waals surface area contributed by atoms with Gasteiger partial charge >= 0.3 is 0 Å². The van der Waals surface area contributed by atoms with Crippen LogP contribution < -0.4 is 5.32 Å². The molecular formula is C15H21N3O. The molecule has 0 bridgehead atoms. The standard InChI is InChI=1S/C15H21N3O/c19-13(10-11-4-2-1-3-5-11)18-15-14(12-6-7-12)16-8-9-17-15/h8-9,11-12H,1-7,10H2,(H,17,18,19). The van der Waals surface area contributed by atoms with Gasteiger partial charge in [0.1, 0.15) is 0 Å². The van der Waals surface area contributed by atoms with E-state index in [1.807, 2.05) is 0 Å². The highest BCUT2D eigenvalue weighted by Crippen LogP contribution is 2.41. The van der Waals surface area contributed by atoms with Crippen LogP contribution in [-0.4, -0.2) is 15.9 Å². The van der Waals surface area contributed by atoms with Gasteiger partial charge in [0.05, 0.1) is 5.69 Å². The van der Waals surface area contributed by atoms with E-state index in [1.54, 1.807) is 12.4 Å². The van der Waals surface area contributed by atoms with Crippen molar-refractivity contribution in [2.45, 2.75) is 57.3 Å². The maximum Gasteiger partial charge on any atom is 0.225 e. The Bertz CT molecular complexity index is 450. The monoisotopic (exact) mass is 259 g/mol. The lowest BCUT2D eigenvalue weighted by Crippen LogP contribution is -2.19. The molecule has 1 amide bonds. The molecule has 3 rings (SSSR count). The predicted octanol–water partition coefficient (Wildman–Crippen LogP) is 3.26. The lowest BCUT2D eigenvalue weighted by molar-refractivity contribution is -0.117. The van der Waals surface area contributed by atoms with E-state index in [2.05, 4.69) is 15.3 Å². The smallest absolute Gasteiger partial charge is 0.225 e. The first-order valence-electron chi connectivity index (χ1n) is 7.43. The minimum atomic E-state index is 0.106. The van der Waals surface area contributed by atoms with Gasteiger partial charge in [-0.05, 0) is 31.6 Å². The molecule has 102 valence electrons. The Morgan fingerprint density at radius 2 is 1.84 bits per heavy atom. The Morgan fingerprint density at radius 1 is 1.11 bits per heavy atom. The summed E-state index contributed by atoms with van der Waals surface area (Å²) in [6.45, 7) is 0. The highest BCUT2D eigenvalue weighted by molar-refractivity contribution is 5.90. The van der Waals surface area contributed by atoms with Crippen LogP contribution in [0.4, 0.5) is 5.82 Å². The third kappa shape index (κ3) is 3.31. The number of rotatable bonds is 4. The summed E-state index contributed by atoms with van der Waals surface area (Å²) in [5.41, 5.74) is 0.972. The quantitative estimate of drug-likeness (QED) is 0.903. The zero-order chi connectivity index (χ0) is 13.1. The zero-order valence-corrected chi connectivity index (χ0v) is 11.3. The average Bonchev–Trinajstić information content (AvgIpc) is 3.25. The highest BCUT2D eigenvalue weighted by Gasteiger charge is 2.29. The first-order valence-corrected chi connectivity index (χ1v) is 7.43. The number of hydrogen-bond donors (Lipinski definition) is 1. The van der Waals surface area contributed by atoms with Gasteiger partial charge in [-0.3, -0.25) is 9.78 Å². The molecule has 4 nitrogen and oxygen atoms in total. The molecular weight excluding hydrogens is 238 g/mol. The molecule has 0 unspecified atom stereocenters. The number of nitrogens with zero attached hydrogens (tertiary/aromatic N) is 2. The molecule has 0 aliphatic heterocycles. The maximum atomic E-state index is 12.1. The molecule has 1 heterocycles. The third-order valence-electron chi connectivity index (χ3n) is 4.15. The van der Waals surface area contributed by atoms with Gasteiger partial charge in [-0.1, -0.05) is 19.3 Å². The number of carbonyl (C=O) groups is 1. The highest BCUT2D eigenvalue weighted by atomic mass is 16.1. The van der Waals surface area contributed by atoms with Crippen LogP contribution in [0, 0.1) is 5.92 Å². The number of anilines is 1. The number of carbonyl (C=O) groups excluding carboxylic acids is 1. The molecule has 1 aromatic rings. The van der Waals surface area contributed by atoms with Crippen LogP contribution >= 0.6 is 0 Å². The van der Waals surface area contributed by atoms with Gasteiger partial charge in [0.2, 0.25) is 5.91 Å². The molecule has 0 radical (unpaired) electrons. The minimum Gasteiger partial charge on any atom is -0.309 e. The lowest BCUT2D eigenvalue weighted by Gasteiger charge is -2.20. The minimum absolute atomic E-state index is 0.106. The van der Waals surface area contributed by atoms with Crippen LogP contribution in [0.25, 0.3) is 0 Å². The lowest BCUT2D eigenvalue weighted by atomic mass is 9.87. The van der Waals surface area contributed by atoms with Crippen LogP contribution in [0.1, 0.15) is 63.0 Å². The summed E-state index contributed by atoms with van der Waals surface area (Å²) in [5, 5.41) is 2.97. The van der Waals surface area contributed by atoms with Gasteiger partial charge in [0.15, 0.2) is 5.82 Å². The molecule has 1 N–H and O–H groups in total. The Balaban J connectivity index is 1.59. The number of nitrogens with one attached hydrogen (secondary N) is 1. The Labute approximate surface area is 114 Å². The Morgan fingerprint density at radius 3 is 2.58 bits per heavy atom. The van der Waals surface area contributed by atoms with Crippen molar-refractivity contribution in [3.8, 4) is 0 Å². The number of hydrogen-bond acceptors (Lipinski definition) is 3. The van der Waals surface area contributed by atoms with Crippen molar-refractivity contribution in [2.24, 2.45) is 5.92 Å². The van der Waals surface area contributed by atoms with Crippen molar-refractivity contribution in [1.82, 2.24) is 9.97 Å². The summed E-state index contributed by atoms with van der Waals surface area (Å²) in [6, 6.07) is 0. The first-order chi connectivity index (χ1) is 9.33. The molecule has 0 saturated heterocycles. The van der Waals surface area contributed by atoms with Crippen molar-refractivity contribution in [3.05, 3.63) is 18.1 Å². The van der Waals surface area contributed by atoms with E-state index in [0.29, 0.717) is 24.1 Å². The molecule has 0 atom stereocenters. The van der Waals surface area contributed by atoms with Crippen LogP contribution in [0.3, 0.4) is 0 Å². The van der Waals surface area contributed by atoms with Crippen molar-refractivity contribution in [3.63, 3.8) is 0 Å². The fraction of sp³-hybridized carbons (Fsp3) is 0.667. The van der Waals surface area contributed by atoms with Crippen molar-refractivity contribution < 1.29 is 4.79 Å². The average molecular weight is 259 g/mol. The van der Waals surface area contributed by atoms with Gasteiger partial charge in [-0.2, -0.15) is 0 Å². The van der Waals surface area contributed by atoms with Crippen LogP contribution in [0.2, 0.25) is 0 Å². The molecule has 0 spiro atoms. The van der Waals surface area contributed by atoms with E-state index < -0.39 is 0 Å². The maximum absolute atomic E-state index is 12.1. The second kappa shape index (κ2) is 5.68. The van der Waals surface area contributed by atoms with Gasteiger partial charge in [0, 0.05) is 24.7 Å². The van der Waals surface area contributed by atoms with E-state index in [9.17, 15) is 4.79 Å². The summed E-state index contributed by atoms with van der Waals surface area (Å²) in [4.78, 5) is 20.7. The molecule has 4 heteroatoms. The van der Waals surface area contributed by atoms with Gasteiger partial charge < -0.3 is 5.32 Å². The van der Waals surface area contributed by atoms with Crippen molar-refractivity contribution in [1.29, 1.82) is 0 Å². The van der Waals surface area contributed by atoms with E-state index >= 15 is 0 Å². The molecule has 19 heavy (non-hydrogen) atoms. The van der Waals surface area contributed by atoms with E-state index in [0.717, 1.165) is 5.69 Å². The Kier molecular flexibility index (Phi) is 3.76. The fourth-order valence-corrected chi connectivity index (χ4v) is 2.94. The summed E-state index contributed by atoms with van der Waals surface area (Å²) in [6.07, 6.45) is 12.6. The number of aromatic nitrogens is 2. The molecule has 2 saturated carbocycles. The van der Waals surface area contributed by atoms with E-state index in [1.165, 1.54) is 44.9 Å². The molecule has 1 aromatic heterocycles. The van der Waals surface area contributed by atoms with Crippen LogP contribution in [-0.2, 0) is 4.79 Å². The van der Waals surface area contributed by atoms with E-state index in [-0.39, 0.29) is 5.91 Å². The topological polar surface area (TPSA) is 54.9 Å². The first kappa shape index (κ1) is 12.6. The molecule has 2 aliphatic carbocycles. The molecule has 0 aromatic carbocycles. The largest absolute Gasteiger partial charge is 0.309 e. The van der Waals surface area contributed by atoms with E-state index in [4.69, 9.17) is 0 Å². The fourth-order valence-electron chi connectivity index (χ4n) is 2.94. The van der Waals surface area contributed by atoms with Crippen LogP contribution in [0.15, 0.2) is 12.4 Å². The summed E-state index contributed by atoms with van der Waals surface area (Å²) in [5.74, 6) is 1.87. The van der Waals surface area contributed by atoms with Gasteiger partial charge in [-0.25, -0.2) is 4.98 Å². The molecule has 2 fully saturated rings. The van der Waals surface area contributed by atoms with Crippen molar-refractivity contribution in [2.75, 3.05) is 5.32 Å². The second-order valence-electron chi connectivity index (χ2n) is 5.82. The van der Waals surface area contributed by atoms with Gasteiger partial charge in [-0.15, -0.1) is 0 Å².